The first-order valence-electron chi connectivity index (χ1n) is 8.61. The van der Waals surface area contributed by atoms with E-state index in [0.717, 1.165) is 21.3 Å². The Morgan fingerprint density at radius 1 is 1.41 bits per heavy atom. The topological polar surface area (TPSA) is 69.0 Å². The Morgan fingerprint density at radius 2 is 2.26 bits per heavy atom. The Labute approximate surface area is 158 Å². The zero-order chi connectivity index (χ0) is 19.0. The third kappa shape index (κ3) is 3.78. The number of alkyl halides is 2. The van der Waals surface area contributed by atoms with Crippen molar-refractivity contribution in [1.82, 2.24) is 20.1 Å². The highest BCUT2D eigenvalue weighted by atomic mass is 32.1. The fourth-order valence-corrected chi connectivity index (χ4v) is 3.93. The van der Waals surface area contributed by atoms with E-state index in [1.165, 1.54) is 16.0 Å². The second-order valence-corrected chi connectivity index (χ2v) is 7.46. The molecule has 4 rings (SSSR count). The third-order valence-electron chi connectivity index (χ3n) is 4.67. The molecule has 9 heteroatoms. The highest BCUT2D eigenvalue weighted by molar-refractivity contribution is 7.17. The van der Waals surface area contributed by atoms with Crippen molar-refractivity contribution >= 4 is 27.5 Å². The Balaban J connectivity index is 1.63. The van der Waals surface area contributed by atoms with Crippen molar-refractivity contribution in [3.05, 3.63) is 30.0 Å². The Hall–Kier alpha value is -2.55. The number of carbonyl (C=O) groups excluding carboxylic acids is 1. The van der Waals surface area contributed by atoms with Crippen LogP contribution in [0.5, 0.6) is 5.75 Å². The minimum absolute atomic E-state index is 0.0404. The normalized spacial score (nSPS) is 18.2. The summed E-state index contributed by atoms with van der Waals surface area (Å²) in [6.07, 6.45) is 0.995. The molecule has 142 valence electrons. The summed E-state index contributed by atoms with van der Waals surface area (Å²) in [7, 11) is 0. The van der Waals surface area contributed by atoms with Gasteiger partial charge in [-0.05, 0) is 24.6 Å². The lowest BCUT2D eigenvalue weighted by molar-refractivity contribution is -0.119. The van der Waals surface area contributed by atoms with Crippen LogP contribution in [0.3, 0.4) is 0 Å². The van der Waals surface area contributed by atoms with Crippen molar-refractivity contribution in [3.63, 3.8) is 0 Å². The van der Waals surface area contributed by atoms with E-state index in [-0.39, 0.29) is 17.9 Å². The molecule has 3 heterocycles. The molecule has 0 bridgehead atoms. The summed E-state index contributed by atoms with van der Waals surface area (Å²) in [5.74, 6) is 0.829. The number of thiazole rings is 1. The predicted molar refractivity (Wildman–Crippen MR) is 98.1 cm³/mol. The second-order valence-electron chi connectivity index (χ2n) is 6.61. The number of amides is 1. The largest absolute Gasteiger partial charge is 0.489 e. The van der Waals surface area contributed by atoms with E-state index in [9.17, 15) is 13.6 Å². The van der Waals surface area contributed by atoms with Gasteiger partial charge in [0.2, 0.25) is 5.91 Å². The average Bonchev–Trinajstić information content (AvgIpc) is 3.34. The van der Waals surface area contributed by atoms with Crippen molar-refractivity contribution in [2.45, 2.75) is 32.4 Å². The first-order chi connectivity index (χ1) is 13.0. The fraction of sp³-hybridized carbons (Fsp3) is 0.389. The number of aromatic nitrogens is 3. The van der Waals surface area contributed by atoms with Gasteiger partial charge >= 0.3 is 0 Å². The SMILES string of the molecule is C[C@@H](Oc1cc(-c2cnn(CC(F)F)c2)cc2ncsc12)C1CNC(=O)C1. The van der Waals surface area contributed by atoms with Gasteiger partial charge in [-0.1, -0.05) is 0 Å². The molecular formula is C18H18F2N4O2S. The van der Waals surface area contributed by atoms with Crippen molar-refractivity contribution in [3.8, 4) is 16.9 Å². The molecule has 1 fully saturated rings. The fourth-order valence-electron chi connectivity index (χ4n) is 3.20. The zero-order valence-electron chi connectivity index (χ0n) is 14.6. The minimum Gasteiger partial charge on any atom is -0.489 e. The first kappa shape index (κ1) is 17.8. The summed E-state index contributed by atoms with van der Waals surface area (Å²) in [6, 6.07) is 3.78. The molecule has 2 aromatic heterocycles. The van der Waals surface area contributed by atoms with Crippen LogP contribution in [0.2, 0.25) is 0 Å². The molecule has 1 aromatic carbocycles. The summed E-state index contributed by atoms with van der Waals surface area (Å²) in [5.41, 5.74) is 4.05. The molecule has 1 N–H and O–H groups in total. The highest BCUT2D eigenvalue weighted by Crippen LogP contribution is 2.36. The maximum absolute atomic E-state index is 12.6. The van der Waals surface area contributed by atoms with E-state index >= 15 is 0 Å². The van der Waals surface area contributed by atoms with Gasteiger partial charge in [-0.15, -0.1) is 11.3 Å². The number of benzene rings is 1. The lowest BCUT2D eigenvalue weighted by Crippen LogP contribution is -2.25. The number of fused-ring (bicyclic) bond motifs is 1. The zero-order valence-corrected chi connectivity index (χ0v) is 15.4. The van der Waals surface area contributed by atoms with Gasteiger partial charge in [0.25, 0.3) is 6.43 Å². The standard InChI is InChI=1S/C18H18F2N4O2S/c1-10(12-4-17(25)21-5-12)26-15-3-11(2-14-18(15)27-9-22-14)13-6-23-24(7-13)8-16(19)20/h2-3,6-7,9-10,12,16H,4-5,8H2,1H3,(H,21,25)/t10-,12?/m1/s1. The number of halogens is 2. The smallest absolute Gasteiger partial charge is 0.257 e. The van der Waals surface area contributed by atoms with Gasteiger partial charge in [0.1, 0.15) is 18.4 Å². The van der Waals surface area contributed by atoms with Crippen molar-refractivity contribution in [2.75, 3.05) is 6.54 Å². The molecule has 27 heavy (non-hydrogen) atoms. The molecule has 3 aromatic rings. The van der Waals surface area contributed by atoms with Crippen LogP contribution in [0.25, 0.3) is 21.3 Å². The first-order valence-corrected chi connectivity index (χ1v) is 9.49. The molecule has 0 saturated carbocycles. The van der Waals surface area contributed by atoms with E-state index in [1.807, 2.05) is 19.1 Å². The van der Waals surface area contributed by atoms with Gasteiger partial charge in [0.05, 0.1) is 21.9 Å². The Bertz CT molecular complexity index is 971. The van der Waals surface area contributed by atoms with E-state index in [1.54, 1.807) is 17.9 Å². The van der Waals surface area contributed by atoms with Crippen molar-refractivity contribution < 1.29 is 18.3 Å². The number of rotatable bonds is 6. The molecule has 2 atom stereocenters. The molecule has 1 amide bonds. The summed E-state index contributed by atoms with van der Waals surface area (Å²) in [4.78, 5) is 15.8. The molecule has 0 aliphatic carbocycles. The van der Waals surface area contributed by atoms with Gasteiger partial charge in [-0.25, -0.2) is 13.8 Å². The van der Waals surface area contributed by atoms with Gasteiger partial charge in [0.15, 0.2) is 0 Å². The Morgan fingerprint density at radius 3 is 3.00 bits per heavy atom. The van der Waals surface area contributed by atoms with E-state index in [4.69, 9.17) is 4.74 Å². The van der Waals surface area contributed by atoms with Gasteiger partial charge in [-0.3, -0.25) is 9.48 Å². The Kier molecular flexibility index (Phi) is 4.77. The van der Waals surface area contributed by atoms with Gasteiger partial charge < -0.3 is 10.1 Å². The van der Waals surface area contributed by atoms with Crippen LogP contribution >= 0.6 is 11.3 Å². The molecule has 0 radical (unpaired) electrons. The van der Waals surface area contributed by atoms with Crippen LogP contribution < -0.4 is 10.1 Å². The summed E-state index contributed by atoms with van der Waals surface area (Å²) in [6.45, 7) is 2.11. The maximum atomic E-state index is 12.6. The molecule has 0 spiro atoms. The highest BCUT2D eigenvalue weighted by Gasteiger charge is 2.28. The van der Waals surface area contributed by atoms with Crippen LogP contribution in [0, 0.1) is 5.92 Å². The maximum Gasteiger partial charge on any atom is 0.257 e. The predicted octanol–water partition coefficient (Wildman–Crippen LogP) is 3.33. The molecule has 1 unspecified atom stereocenters. The van der Waals surface area contributed by atoms with Crippen molar-refractivity contribution in [1.29, 1.82) is 0 Å². The second kappa shape index (κ2) is 7.22. The van der Waals surface area contributed by atoms with E-state index in [0.29, 0.717) is 18.7 Å². The quantitative estimate of drug-likeness (QED) is 0.699. The van der Waals surface area contributed by atoms with Crippen LogP contribution in [0.4, 0.5) is 8.78 Å². The molecule has 1 aliphatic heterocycles. The lowest BCUT2D eigenvalue weighted by Gasteiger charge is -2.20. The summed E-state index contributed by atoms with van der Waals surface area (Å²) >= 11 is 1.48. The van der Waals surface area contributed by atoms with Gasteiger partial charge in [-0.2, -0.15) is 5.10 Å². The summed E-state index contributed by atoms with van der Waals surface area (Å²) < 4.78 is 33.5. The number of carbonyl (C=O) groups is 1. The number of ether oxygens (including phenoxy) is 1. The molecule has 1 saturated heterocycles. The monoisotopic (exact) mass is 392 g/mol. The summed E-state index contributed by atoms with van der Waals surface area (Å²) in [5, 5.41) is 6.82. The van der Waals surface area contributed by atoms with Gasteiger partial charge in [0, 0.05) is 30.6 Å². The van der Waals surface area contributed by atoms with E-state index < -0.39 is 13.0 Å². The molecular weight excluding hydrogens is 374 g/mol. The van der Waals surface area contributed by atoms with E-state index in [2.05, 4.69) is 15.4 Å². The van der Waals surface area contributed by atoms with Crippen LogP contribution in [0.1, 0.15) is 13.3 Å². The molecule has 6 nitrogen and oxygen atoms in total. The van der Waals surface area contributed by atoms with Crippen LogP contribution in [0.15, 0.2) is 30.0 Å². The molecule has 1 aliphatic rings. The number of hydrogen-bond donors (Lipinski definition) is 1. The minimum atomic E-state index is -2.46. The number of nitrogens with one attached hydrogen (secondary N) is 1. The van der Waals surface area contributed by atoms with Crippen molar-refractivity contribution in [2.24, 2.45) is 5.92 Å². The lowest BCUT2D eigenvalue weighted by atomic mass is 10.0. The van der Waals surface area contributed by atoms with Crippen LogP contribution in [-0.2, 0) is 11.3 Å². The number of hydrogen-bond acceptors (Lipinski definition) is 5. The van der Waals surface area contributed by atoms with Crippen LogP contribution in [-0.4, -0.2) is 39.7 Å². The third-order valence-corrected chi connectivity index (χ3v) is 5.53. The number of nitrogens with zero attached hydrogens (tertiary/aromatic N) is 3. The average molecular weight is 392 g/mol.